The summed E-state index contributed by atoms with van der Waals surface area (Å²) < 4.78 is 5.60. The van der Waals surface area contributed by atoms with E-state index in [1.807, 2.05) is 6.92 Å². The van der Waals surface area contributed by atoms with E-state index < -0.39 is 0 Å². The fraction of sp³-hybridized carbons (Fsp3) is 0.643. The second kappa shape index (κ2) is 5.02. The predicted molar refractivity (Wildman–Crippen MR) is 72.2 cm³/mol. The van der Waals surface area contributed by atoms with Gasteiger partial charge >= 0.3 is 0 Å². The van der Waals surface area contributed by atoms with E-state index in [2.05, 4.69) is 11.4 Å². The van der Waals surface area contributed by atoms with Crippen molar-refractivity contribution >= 4 is 17.2 Å². The minimum absolute atomic E-state index is 0.0670. The van der Waals surface area contributed by atoms with Crippen LogP contribution in [0.3, 0.4) is 0 Å². The van der Waals surface area contributed by atoms with E-state index in [9.17, 15) is 4.79 Å². The highest BCUT2D eigenvalue weighted by molar-refractivity contribution is 7.14. The van der Waals surface area contributed by atoms with Crippen LogP contribution in [0.25, 0.3) is 0 Å². The molecule has 3 nitrogen and oxygen atoms in total. The fourth-order valence-corrected chi connectivity index (χ4v) is 3.97. The first-order valence-electron chi connectivity index (χ1n) is 6.78. The molecule has 18 heavy (non-hydrogen) atoms. The molecule has 2 atom stereocenters. The first kappa shape index (κ1) is 12.2. The lowest BCUT2D eigenvalue weighted by atomic mass is 10.1. The number of nitrogens with one attached hydrogen (secondary N) is 1. The Morgan fingerprint density at radius 3 is 3.11 bits per heavy atom. The van der Waals surface area contributed by atoms with E-state index in [1.54, 1.807) is 11.3 Å². The number of ether oxygens (including phenoxy) is 1. The van der Waals surface area contributed by atoms with Crippen LogP contribution in [-0.2, 0) is 17.6 Å². The first-order valence-corrected chi connectivity index (χ1v) is 7.60. The minimum atomic E-state index is 0.0670. The summed E-state index contributed by atoms with van der Waals surface area (Å²) in [5.74, 6) is 0.0670. The molecule has 1 aromatic rings. The van der Waals surface area contributed by atoms with Crippen LogP contribution < -0.4 is 5.32 Å². The molecular formula is C14H19NO2S. The zero-order valence-electron chi connectivity index (χ0n) is 10.7. The molecule has 1 N–H and O–H groups in total. The Morgan fingerprint density at radius 1 is 1.50 bits per heavy atom. The third-order valence-electron chi connectivity index (χ3n) is 3.85. The number of thiophene rings is 1. The van der Waals surface area contributed by atoms with Gasteiger partial charge in [0.05, 0.1) is 17.0 Å². The summed E-state index contributed by atoms with van der Waals surface area (Å²) in [6.45, 7) is 2.87. The van der Waals surface area contributed by atoms with Crippen molar-refractivity contribution < 1.29 is 9.53 Å². The molecule has 3 rings (SSSR count). The van der Waals surface area contributed by atoms with Gasteiger partial charge in [0.1, 0.15) is 0 Å². The third kappa shape index (κ3) is 2.31. The zero-order valence-corrected chi connectivity index (χ0v) is 11.5. The maximum atomic E-state index is 12.2. The monoisotopic (exact) mass is 265 g/mol. The Bertz CT molecular complexity index is 427. The number of aryl methyl sites for hydroxylation is 2. The second-order valence-corrected chi connectivity index (χ2v) is 6.36. The number of rotatable bonds is 3. The lowest BCUT2D eigenvalue weighted by molar-refractivity contribution is 0.0714. The van der Waals surface area contributed by atoms with Gasteiger partial charge < -0.3 is 10.1 Å². The molecule has 2 heterocycles. The lowest BCUT2D eigenvalue weighted by Crippen LogP contribution is -2.40. The van der Waals surface area contributed by atoms with Crippen LogP contribution in [0.2, 0.25) is 0 Å². The summed E-state index contributed by atoms with van der Waals surface area (Å²) in [4.78, 5) is 14.4. The molecular weight excluding hydrogens is 246 g/mol. The van der Waals surface area contributed by atoms with Gasteiger partial charge in [-0.2, -0.15) is 0 Å². The summed E-state index contributed by atoms with van der Waals surface area (Å²) in [5.41, 5.74) is 1.38. The molecule has 0 bridgehead atoms. The molecule has 1 aliphatic heterocycles. The van der Waals surface area contributed by atoms with Gasteiger partial charge in [0.25, 0.3) is 5.91 Å². The molecule has 1 fully saturated rings. The van der Waals surface area contributed by atoms with Crippen LogP contribution in [-0.4, -0.2) is 24.7 Å². The van der Waals surface area contributed by atoms with E-state index in [1.165, 1.54) is 16.9 Å². The van der Waals surface area contributed by atoms with E-state index in [-0.39, 0.29) is 18.1 Å². The molecule has 0 radical (unpaired) electrons. The van der Waals surface area contributed by atoms with Crippen molar-refractivity contribution in [3.63, 3.8) is 0 Å². The van der Waals surface area contributed by atoms with Gasteiger partial charge in [0.15, 0.2) is 0 Å². The quantitative estimate of drug-likeness (QED) is 0.912. The van der Waals surface area contributed by atoms with Gasteiger partial charge in [-0.1, -0.05) is 0 Å². The van der Waals surface area contributed by atoms with Crippen molar-refractivity contribution in [1.82, 2.24) is 5.32 Å². The van der Waals surface area contributed by atoms with Crippen molar-refractivity contribution in [1.29, 1.82) is 0 Å². The van der Waals surface area contributed by atoms with Crippen LogP contribution in [0.1, 0.15) is 46.3 Å². The number of hydrogen-bond acceptors (Lipinski definition) is 3. The smallest absolute Gasteiger partial charge is 0.261 e. The summed E-state index contributed by atoms with van der Waals surface area (Å²) in [7, 11) is 0. The molecule has 1 aliphatic carbocycles. The van der Waals surface area contributed by atoms with E-state index in [0.29, 0.717) is 0 Å². The molecule has 0 unspecified atom stereocenters. The summed E-state index contributed by atoms with van der Waals surface area (Å²) >= 11 is 1.66. The second-order valence-electron chi connectivity index (χ2n) is 5.23. The number of hydrogen-bond donors (Lipinski definition) is 1. The van der Waals surface area contributed by atoms with Gasteiger partial charge in [-0.25, -0.2) is 0 Å². The SMILES string of the molecule is C[C@H](NC(=O)c1cc2c(s1)CCC2)[C@@H]1CCCO1. The number of amides is 1. The first-order chi connectivity index (χ1) is 8.74. The maximum Gasteiger partial charge on any atom is 0.261 e. The normalized spacial score (nSPS) is 23.9. The van der Waals surface area contributed by atoms with Crippen LogP contribution in [0.5, 0.6) is 0 Å². The largest absolute Gasteiger partial charge is 0.376 e. The molecule has 1 aromatic heterocycles. The summed E-state index contributed by atoms with van der Waals surface area (Å²) in [5, 5.41) is 3.07. The van der Waals surface area contributed by atoms with Gasteiger partial charge in [-0.05, 0) is 50.7 Å². The van der Waals surface area contributed by atoms with Gasteiger partial charge in [0.2, 0.25) is 0 Å². The van der Waals surface area contributed by atoms with Crippen LogP contribution in [0, 0.1) is 0 Å². The highest BCUT2D eigenvalue weighted by Gasteiger charge is 2.25. The molecule has 98 valence electrons. The van der Waals surface area contributed by atoms with Crippen molar-refractivity contribution in [3.8, 4) is 0 Å². The number of fused-ring (bicyclic) bond motifs is 1. The molecule has 4 heteroatoms. The summed E-state index contributed by atoms with van der Waals surface area (Å²) in [6, 6.07) is 2.18. The molecule has 0 aromatic carbocycles. The molecule has 1 amide bonds. The van der Waals surface area contributed by atoms with E-state index in [4.69, 9.17) is 4.74 Å². The fourth-order valence-electron chi connectivity index (χ4n) is 2.81. The zero-order chi connectivity index (χ0) is 12.5. The Hall–Kier alpha value is -0.870. The molecule has 0 spiro atoms. The average molecular weight is 265 g/mol. The highest BCUT2D eigenvalue weighted by Crippen LogP contribution is 2.30. The molecule has 2 aliphatic rings. The van der Waals surface area contributed by atoms with E-state index >= 15 is 0 Å². The van der Waals surface area contributed by atoms with Crippen molar-refractivity contribution in [2.24, 2.45) is 0 Å². The lowest BCUT2D eigenvalue weighted by Gasteiger charge is -2.19. The van der Waals surface area contributed by atoms with Gasteiger partial charge in [-0.3, -0.25) is 4.79 Å². The Balaban J connectivity index is 1.63. The highest BCUT2D eigenvalue weighted by atomic mass is 32.1. The minimum Gasteiger partial charge on any atom is -0.376 e. The topological polar surface area (TPSA) is 38.3 Å². The number of carbonyl (C=O) groups is 1. The molecule has 1 saturated heterocycles. The van der Waals surface area contributed by atoms with Crippen molar-refractivity contribution in [3.05, 3.63) is 21.4 Å². The van der Waals surface area contributed by atoms with Crippen LogP contribution in [0.4, 0.5) is 0 Å². The maximum absolute atomic E-state index is 12.2. The van der Waals surface area contributed by atoms with Gasteiger partial charge in [0, 0.05) is 11.5 Å². The Kier molecular flexibility index (Phi) is 3.39. The van der Waals surface area contributed by atoms with Crippen molar-refractivity contribution in [2.75, 3.05) is 6.61 Å². The van der Waals surface area contributed by atoms with E-state index in [0.717, 1.165) is 37.2 Å². The standard InChI is InChI=1S/C14H19NO2S/c1-9(11-5-3-7-17-11)15-14(16)13-8-10-4-2-6-12(10)18-13/h8-9,11H,2-7H2,1H3,(H,15,16)/t9-,11-/m0/s1. The number of carbonyl (C=O) groups excluding carboxylic acids is 1. The summed E-state index contributed by atoms with van der Waals surface area (Å²) in [6.07, 6.45) is 5.89. The Labute approximate surface area is 112 Å². The van der Waals surface area contributed by atoms with Crippen molar-refractivity contribution in [2.45, 2.75) is 51.2 Å². The Morgan fingerprint density at radius 2 is 2.39 bits per heavy atom. The average Bonchev–Trinajstić information content (AvgIpc) is 3.05. The van der Waals surface area contributed by atoms with Crippen LogP contribution in [0.15, 0.2) is 6.07 Å². The van der Waals surface area contributed by atoms with Gasteiger partial charge in [-0.15, -0.1) is 11.3 Å². The predicted octanol–water partition coefficient (Wildman–Crippen LogP) is 2.53. The third-order valence-corrected chi connectivity index (χ3v) is 5.09. The van der Waals surface area contributed by atoms with Crippen LogP contribution >= 0.6 is 11.3 Å². The molecule has 0 saturated carbocycles.